The molecule has 0 radical (unpaired) electrons. The van der Waals surface area contributed by atoms with Gasteiger partial charge >= 0.3 is 12.2 Å². The van der Waals surface area contributed by atoms with Gasteiger partial charge in [0.2, 0.25) is 0 Å². The number of hydrogen-bond acceptors (Lipinski definition) is 6. The first kappa shape index (κ1) is 18.4. The van der Waals surface area contributed by atoms with Gasteiger partial charge in [-0.15, -0.1) is 6.42 Å². The number of aromatic nitrogens is 2. The van der Waals surface area contributed by atoms with Crippen LogP contribution < -0.4 is 4.90 Å². The zero-order chi connectivity index (χ0) is 17.8. The van der Waals surface area contributed by atoms with E-state index in [-0.39, 0.29) is 11.5 Å². The highest BCUT2D eigenvalue weighted by molar-refractivity contribution is 6.08. The first-order valence-electron chi connectivity index (χ1n) is 6.98. The van der Waals surface area contributed by atoms with E-state index in [1.807, 2.05) is 0 Å². The average molecular weight is 319 g/mol. The van der Waals surface area contributed by atoms with Gasteiger partial charge in [-0.2, -0.15) is 4.90 Å². The lowest BCUT2D eigenvalue weighted by atomic mass is 10.2. The van der Waals surface area contributed by atoms with Gasteiger partial charge in [-0.05, 0) is 47.5 Å². The Hall–Kier alpha value is -2.62. The van der Waals surface area contributed by atoms with Crippen LogP contribution in [0.25, 0.3) is 0 Å². The Morgan fingerprint density at radius 2 is 1.52 bits per heavy atom. The molecule has 0 unspecified atom stereocenters. The molecule has 0 bridgehead atoms. The summed E-state index contributed by atoms with van der Waals surface area (Å²) >= 11 is 0. The minimum atomic E-state index is -0.921. The van der Waals surface area contributed by atoms with Crippen LogP contribution in [-0.2, 0) is 9.47 Å². The summed E-state index contributed by atoms with van der Waals surface area (Å²) < 4.78 is 10.5. The van der Waals surface area contributed by atoms with E-state index in [1.165, 1.54) is 12.4 Å². The fraction of sp³-hybridized carbons (Fsp3) is 0.500. The molecular formula is C16H21N3O4. The van der Waals surface area contributed by atoms with E-state index in [0.717, 1.165) is 0 Å². The molecule has 124 valence electrons. The molecule has 0 aliphatic heterocycles. The molecule has 1 heterocycles. The summed E-state index contributed by atoms with van der Waals surface area (Å²) in [5, 5.41) is 0. The van der Waals surface area contributed by atoms with Gasteiger partial charge in [0, 0.05) is 0 Å². The Bertz CT molecular complexity index is 608. The van der Waals surface area contributed by atoms with Crippen LogP contribution in [-0.4, -0.2) is 33.4 Å². The quantitative estimate of drug-likeness (QED) is 0.740. The number of terminal acetylenes is 1. The predicted octanol–water partition coefficient (Wildman–Crippen LogP) is 3.13. The molecule has 0 saturated carbocycles. The van der Waals surface area contributed by atoms with Gasteiger partial charge < -0.3 is 9.47 Å². The largest absolute Gasteiger partial charge is 0.443 e. The normalized spacial score (nSPS) is 11.3. The third-order valence-electron chi connectivity index (χ3n) is 2.15. The summed E-state index contributed by atoms with van der Waals surface area (Å²) in [6, 6.07) is 0. The fourth-order valence-corrected chi connectivity index (χ4v) is 1.41. The van der Waals surface area contributed by atoms with Crippen LogP contribution in [0.15, 0.2) is 12.4 Å². The van der Waals surface area contributed by atoms with E-state index < -0.39 is 23.4 Å². The van der Waals surface area contributed by atoms with E-state index in [1.54, 1.807) is 41.5 Å². The summed E-state index contributed by atoms with van der Waals surface area (Å²) in [6.07, 6.45) is 6.00. The molecule has 1 aromatic rings. The lowest BCUT2D eigenvalue weighted by Gasteiger charge is -2.27. The Balaban J connectivity index is 3.23. The molecular weight excluding hydrogens is 298 g/mol. The van der Waals surface area contributed by atoms with E-state index >= 15 is 0 Å². The van der Waals surface area contributed by atoms with Crippen LogP contribution in [0.4, 0.5) is 15.4 Å². The second-order valence-electron chi connectivity index (χ2n) is 6.70. The number of hydrogen-bond donors (Lipinski definition) is 0. The van der Waals surface area contributed by atoms with Crippen LogP contribution >= 0.6 is 0 Å². The molecule has 0 aliphatic carbocycles. The molecule has 7 nitrogen and oxygen atoms in total. The molecule has 0 atom stereocenters. The maximum Gasteiger partial charge on any atom is 0.425 e. The topological polar surface area (TPSA) is 81.6 Å². The van der Waals surface area contributed by atoms with Crippen LogP contribution in [0.5, 0.6) is 0 Å². The van der Waals surface area contributed by atoms with Crippen molar-refractivity contribution >= 4 is 18.0 Å². The molecule has 1 aromatic heterocycles. The molecule has 0 aromatic carbocycles. The van der Waals surface area contributed by atoms with E-state index in [2.05, 4.69) is 15.9 Å². The highest BCUT2D eigenvalue weighted by Gasteiger charge is 2.33. The van der Waals surface area contributed by atoms with Crippen molar-refractivity contribution in [1.82, 2.24) is 9.97 Å². The second kappa shape index (κ2) is 6.65. The van der Waals surface area contributed by atoms with Crippen molar-refractivity contribution in [1.29, 1.82) is 0 Å². The Labute approximate surface area is 136 Å². The second-order valence-corrected chi connectivity index (χ2v) is 6.70. The SMILES string of the molecule is C#Cc1cncc(N(C(=O)OC(C)(C)C)C(=O)OC(C)(C)C)n1. The summed E-state index contributed by atoms with van der Waals surface area (Å²) in [5.74, 6) is 2.23. The molecule has 0 fully saturated rings. The number of ether oxygens (including phenoxy) is 2. The standard InChI is InChI=1S/C16H21N3O4/c1-8-11-9-17-10-12(18-11)19(13(20)22-15(2,3)4)14(21)23-16(5,6)7/h1,9-10H,2-7H3. The van der Waals surface area contributed by atoms with Crippen molar-refractivity contribution in [2.24, 2.45) is 0 Å². The van der Waals surface area contributed by atoms with E-state index in [0.29, 0.717) is 4.90 Å². The van der Waals surface area contributed by atoms with E-state index in [4.69, 9.17) is 15.9 Å². The molecule has 23 heavy (non-hydrogen) atoms. The Morgan fingerprint density at radius 3 is 1.91 bits per heavy atom. The highest BCUT2D eigenvalue weighted by atomic mass is 16.6. The molecule has 0 spiro atoms. The maximum atomic E-state index is 12.4. The Kier molecular flexibility index (Phi) is 5.33. The highest BCUT2D eigenvalue weighted by Crippen LogP contribution is 2.19. The van der Waals surface area contributed by atoms with Crippen molar-refractivity contribution < 1.29 is 19.1 Å². The first-order chi connectivity index (χ1) is 10.4. The zero-order valence-corrected chi connectivity index (χ0v) is 14.2. The lowest BCUT2D eigenvalue weighted by molar-refractivity contribution is 0.0429. The predicted molar refractivity (Wildman–Crippen MR) is 84.9 cm³/mol. The first-order valence-corrected chi connectivity index (χ1v) is 6.98. The van der Waals surface area contributed by atoms with Crippen LogP contribution in [0.3, 0.4) is 0 Å². The lowest BCUT2D eigenvalue weighted by Crippen LogP contribution is -2.44. The zero-order valence-electron chi connectivity index (χ0n) is 14.2. The van der Waals surface area contributed by atoms with Gasteiger partial charge in [0.25, 0.3) is 0 Å². The third kappa shape index (κ3) is 5.94. The van der Waals surface area contributed by atoms with Crippen LogP contribution in [0.2, 0.25) is 0 Å². The number of amides is 2. The number of carbonyl (C=O) groups excluding carboxylic acids is 2. The minimum Gasteiger partial charge on any atom is -0.443 e. The van der Waals surface area contributed by atoms with Gasteiger partial charge in [0.15, 0.2) is 5.82 Å². The van der Waals surface area contributed by atoms with Crippen LogP contribution in [0, 0.1) is 12.3 Å². The van der Waals surface area contributed by atoms with Gasteiger partial charge in [0.1, 0.15) is 16.9 Å². The smallest absolute Gasteiger partial charge is 0.425 e. The molecule has 2 amide bonds. The number of carbonyl (C=O) groups is 2. The number of rotatable bonds is 1. The third-order valence-corrected chi connectivity index (χ3v) is 2.15. The van der Waals surface area contributed by atoms with E-state index in [9.17, 15) is 9.59 Å². The van der Waals surface area contributed by atoms with Crippen LogP contribution in [0.1, 0.15) is 47.2 Å². The van der Waals surface area contributed by atoms with Gasteiger partial charge in [-0.1, -0.05) is 0 Å². The summed E-state index contributed by atoms with van der Waals surface area (Å²) in [5.41, 5.74) is -1.41. The van der Waals surface area contributed by atoms with Gasteiger partial charge in [-0.3, -0.25) is 4.98 Å². The van der Waals surface area contributed by atoms with Crippen molar-refractivity contribution in [3.05, 3.63) is 18.1 Å². The molecule has 7 heteroatoms. The maximum absolute atomic E-state index is 12.4. The molecule has 0 aliphatic rings. The molecule has 0 saturated heterocycles. The summed E-state index contributed by atoms with van der Waals surface area (Å²) in [6.45, 7) is 10.1. The Morgan fingerprint density at radius 1 is 1.04 bits per heavy atom. The van der Waals surface area contributed by atoms with Crippen molar-refractivity contribution in [3.8, 4) is 12.3 Å². The number of anilines is 1. The van der Waals surface area contributed by atoms with Crippen molar-refractivity contribution in [2.45, 2.75) is 52.7 Å². The summed E-state index contributed by atoms with van der Waals surface area (Å²) in [7, 11) is 0. The monoisotopic (exact) mass is 319 g/mol. The average Bonchev–Trinajstić information content (AvgIpc) is 2.34. The fourth-order valence-electron chi connectivity index (χ4n) is 1.41. The summed E-state index contributed by atoms with van der Waals surface area (Å²) in [4.78, 5) is 33.3. The van der Waals surface area contributed by atoms with Crippen molar-refractivity contribution in [3.63, 3.8) is 0 Å². The number of nitrogens with zero attached hydrogens (tertiary/aromatic N) is 3. The van der Waals surface area contributed by atoms with Gasteiger partial charge in [0.05, 0.1) is 12.4 Å². The van der Waals surface area contributed by atoms with Crippen molar-refractivity contribution in [2.75, 3.05) is 4.90 Å². The minimum absolute atomic E-state index is 0.0658. The molecule has 1 rings (SSSR count). The molecule has 0 N–H and O–H groups in total. The van der Waals surface area contributed by atoms with Gasteiger partial charge in [-0.25, -0.2) is 14.6 Å². The number of imide groups is 1.